The van der Waals surface area contributed by atoms with E-state index in [4.69, 9.17) is 0 Å². The van der Waals surface area contributed by atoms with Crippen LogP contribution in [0.4, 0.5) is 5.69 Å². The number of hydrogen-bond donors (Lipinski definition) is 0. The summed E-state index contributed by atoms with van der Waals surface area (Å²) >= 11 is 0. The highest BCUT2D eigenvalue weighted by Crippen LogP contribution is 2.29. The second kappa shape index (κ2) is 6.12. The number of aryl methyl sites for hydroxylation is 1. The van der Waals surface area contributed by atoms with Gasteiger partial charge in [0, 0.05) is 18.7 Å². The van der Waals surface area contributed by atoms with E-state index in [9.17, 15) is 9.59 Å². The normalized spacial score (nSPS) is 17.4. The molecule has 0 radical (unpaired) electrons. The molecule has 4 rings (SSSR count). The van der Waals surface area contributed by atoms with E-state index in [1.807, 2.05) is 48.5 Å². The van der Waals surface area contributed by atoms with Gasteiger partial charge in [0.1, 0.15) is 5.52 Å². The Morgan fingerprint density at radius 3 is 2.76 bits per heavy atom. The molecule has 25 heavy (non-hydrogen) atoms. The van der Waals surface area contributed by atoms with Crippen molar-refractivity contribution in [2.45, 2.75) is 19.8 Å². The number of aromatic nitrogens is 3. The van der Waals surface area contributed by atoms with Gasteiger partial charge in [0.15, 0.2) is 0 Å². The van der Waals surface area contributed by atoms with Crippen molar-refractivity contribution in [2.24, 2.45) is 5.92 Å². The summed E-state index contributed by atoms with van der Waals surface area (Å²) < 4.78 is 1.32. The minimum atomic E-state index is -0.414. The molecule has 1 aromatic heterocycles. The fourth-order valence-electron chi connectivity index (χ4n) is 3.38. The van der Waals surface area contributed by atoms with Crippen LogP contribution in [0, 0.1) is 5.92 Å². The highest BCUT2D eigenvalue weighted by Gasteiger charge is 2.37. The van der Waals surface area contributed by atoms with Crippen LogP contribution in [0.1, 0.15) is 23.7 Å². The molecule has 2 aromatic carbocycles. The van der Waals surface area contributed by atoms with Gasteiger partial charge in [-0.3, -0.25) is 9.59 Å². The number of carbonyl (C=O) groups is 2. The summed E-state index contributed by atoms with van der Waals surface area (Å²) in [7, 11) is 0. The molecule has 0 saturated carbocycles. The summed E-state index contributed by atoms with van der Waals surface area (Å²) in [5.74, 6) is -0.621. The molecule has 0 bridgehead atoms. The van der Waals surface area contributed by atoms with Crippen molar-refractivity contribution in [3.63, 3.8) is 0 Å². The van der Waals surface area contributed by atoms with Crippen molar-refractivity contribution in [2.75, 3.05) is 11.4 Å². The fourth-order valence-corrected chi connectivity index (χ4v) is 3.38. The van der Waals surface area contributed by atoms with E-state index in [1.165, 1.54) is 4.68 Å². The molecule has 6 heteroatoms. The van der Waals surface area contributed by atoms with Gasteiger partial charge in [-0.25, -0.2) is 0 Å². The summed E-state index contributed by atoms with van der Waals surface area (Å²) in [6, 6.07) is 15.2. The highest BCUT2D eigenvalue weighted by molar-refractivity contribution is 6.02. The molecule has 3 aromatic rings. The molecule has 6 nitrogen and oxygen atoms in total. The minimum absolute atomic E-state index is 0.0244. The molecule has 1 aliphatic heterocycles. The number of fused-ring (bicyclic) bond motifs is 1. The Kier molecular flexibility index (Phi) is 3.80. The van der Waals surface area contributed by atoms with Gasteiger partial charge in [0.05, 0.1) is 11.4 Å². The smallest absolute Gasteiger partial charge is 0.254 e. The van der Waals surface area contributed by atoms with Gasteiger partial charge in [-0.1, -0.05) is 42.5 Å². The molecule has 1 saturated heterocycles. The molecular weight excluding hydrogens is 316 g/mol. The Morgan fingerprint density at radius 2 is 1.92 bits per heavy atom. The van der Waals surface area contributed by atoms with Crippen LogP contribution < -0.4 is 4.90 Å². The van der Waals surface area contributed by atoms with Crippen molar-refractivity contribution >= 4 is 28.5 Å². The topological polar surface area (TPSA) is 68.1 Å². The standard InChI is InChI=1S/C19H18N4O2/c1-2-13-7-3-5-9-16(13)22-12-14(11-18(22)24)19(25)23-17-10-6-4-8-15(17)20-21-23/h3-10,14H,2,11-12H2,1H3. The van der Waals surface area contributed by atoms with E-state index in [0.717, 1.165) is 17.7 Å². The summed E-state index contributed by atoms with van der Waals surface area (Å²) in [5.41, 5.74) is 3.35. The summed E-state index contributed by atoms with van der Waals surface area (Å²) in [4.78, 5) is 27.1. The molecule has 0 aliphatic carbocycles. The van der Waals surface area contributed by atoms with Crippen molar-refractivity contribution in [1.29, 1.82) is 0 Å². The first kappa shape index (κ1) is 15.5. The first-order valence-corrected chi connectivity index (χ1v) is 8.42. The number of nitrogens with zero attached hydrogens (tertiary/aromatic N) is 4. The van der Waals surface area contributed by atoms with Gasteiger partial charge in [-0.05, 0) is 30.2 Å². The molecular formula is C19H18N4O2. The lowest BCUT2D eigenvalue weighted by Gasteiger charge is -2.19. The Labute approximate surface area is 145 Å². The van der Waals surface area contributed by atoms with E-state index in [0.29, 0.717) is 17.6 Å². The largest absolute Gasteiger partial charge is 0.311 e. The third-order valence-corrected chi connectivity index (χ3v) is 4.70. The maximum absolute atomic E-state index is 12.9. The number of amides is 1. The lowest BCUT2D eigenvalue weighted by molar-refractivity contribution is -0.117. The predicted molar refractivity (Wildman–Crippen MR) is 94.4 cm³/mol. The van der Waals surface area contributed by atoms with E-state index in [-0.39, 0.29) is 18.2 Å². The number of para-hydroxylation sites is 2. The molecule has 1 amide bonds. The van der Waals surface area contributed by atoms with Crippen LogP contribution in [0.5, 0.6) is 0 Å². The van der Waals surface area contributed by atoms with Crippen molar-refractivity contribution in [3.05, 3.63) is 54.1 Å². The molecule has 0 N–H and O–H groups in total. The van der Waals surface area contributed by atoms with Gasteiger partial charge < -0.3 is 4.90 Å². The van der Waals surface area contributed by atoms with Crippen LogP contribution in [0.3, 0.4) is 0 Å². The average molecular weight is 334 g/mol. The lowest BCUT2D eigenvalue weighted by atomic mass is 10.1. The van der Waals surface area contributed by atoms with Crippen LogP contribution in [0.2, 0.25) is 0 Å². The van der Waals surface area contributed by atoms with Gasteiger partial charge in [0.2, 0.25) is 5.91 Å². The van der Waals surface area contributed by atoms with E-state index in [2.05, 4.69) is 17.2 Å². The van der Waals surface area contributed by atoms with E-state index in [1.54, 1.807) is 4.90 Å². The molecule has 1 fully saturated rings. The Bertz CT molecular complexity index is 963. The van der Waals surface area contributed by atoms with Crippen molar-refractivity contribution < 1.29 is 9.59 Å². The zero-order chi connectivity index (χ0) is 17.4. The number of rotatable bonds is 3. The minimum Gasteiger partial charge on any atom is -0.311 e. The van der Waals surface area contributed by atoms with Crippen LogP contribution in [-0.2, 0) is 11.2 Å². The molecule has 0 spiro atoms. The Hall–Kier alpha value is -3.02. The number of anilines is 1. The van der Waals surface area contributed by atoms with Gasteiger partial charge in [-0.15, -0.1) is 5.10 Å². The quantitative estimate of drug-likeness (QED) is 0.738. The predicted octanol–water partition coefficient (Wildman–Crippen LogP) is 2.69. The maximum Gasteiger partial charge on any atom is 0.254 e. The van der Waals surface area contributed by atoms with Crippen LogP contribution >= 0.6 is 0 Å². The fraction of sp³-hybridized carbons (Fsp3) is 0.263. The van der Waals surface area contributed by atoms with Gasteiger partial charge >= 0.3 is 0 Å². The van der Waals surface area contributed by atoms with Crippen LogP contribution in [0.15, 0.2) is 48.5 Å². The zero-order valence-electron chi connectivity index (χ0n) is 13.9. The average Bonchev–Trinajstić information content (AvgIpc) is 3.25. The summed E-state index contributed by atoms with van der Waals surface area (Å²) in [6.07, 6.45) is 1.04. The monoisotopic (exact) mass is 334 g/mol. The van der Waals surface area contributed by atoms with Crippen molar-refractivity contribution in [1.82, 2.24) is 15.0 Å². The lowest BCUT2D eigenvalue weighted by Crippen LogP contribution is -2.28. The van der Waals surface area contributed by atoms with Gasteiger partial charge in [-0.2, -0.15) is 4.68 Å². The third kappa shape index (κ3) is 2.59. The second-order valence-electron chi connectivity index (χ2n) is 6.22. The van der Waals surface area contributed by atoms with Gasteiger partial charge in [0.25, 0.3) is 5.91 Å². The Morgan fingerprint density at radius 1 is 1.16 bits per heavy atom. The molecule has 1 aliphatic rings. The Balaban J connectivity index is 1.63. The van der Waals surface area contributed by atoms with E-state index < -0.39 is 5.92 Å². The first-order chi connectivity index (χ1) is 12.2. The highest BCUT2D eigenvalue weighted by atomic mass is 16.2. The first-order valence-electron chi connectivity index (χ1n) is 8.42. The number of benzene rings is 2. The molecule has 1 atom stereocenters. The van der Waals surface area contributed by atoms with Crippen LogP contribution in [0.25, 0.3) is 11.0 Å². The third-order valence-electron chi connectivity index (χ3n) is 4.70. The second-order valence-corrected chi connectivity index (χ2v) is 6.22. The number of carbonyl (C=O) groups excluding carboxylic acids is 2. The maximum atomic E-state index is 12.9. The summed E-state index contributed by atoms with van der Waals surface area (Å²) in [6.45, 7) is 2.44. The van der Waals surface area contributed by atoms with Crippen LogP contribution in [-0.4, -0.2) is 33.4 Å². The van der Waals surface area contributed by atoms with E-state index >= 15 is 0 Å². The van der Waals surface area contributed by atoms with Crippen molar-refractivity contribution in [3.8, 4) is 0 Å². The molecule has 1 unspecified atom stereocenters. The summed E-state index contributed by atoms with van der Waals surface area (Å²) in [5, 5.41) is 8.01. The zero-order valence-corrected chi connectivity index (χ0v) is 13.9. The molecule has 126 valence electrons. The SMILES string of the molecule is CCc1ccccc1N1CC(C(=O)n2nnc3ccccc32)CC1=O. The number of hydrogen-bond acceptors (Lipinski definition) is 4. The molecule has 2 heterocycles.